The zero-order valence-corrected chi connectivity index (χ0v) is 20.3. The molecule has 0 N–H and O–H groups in total. The van der Waals surface area contributed by atoms with Crippen molar-refractivity contribution in [1.82, 2.24) is 9.38 Å². The number of rotatable bonds is 9. The van der Waals surface area contributed by atoms with Crippen molar-refractivity contribution >= 4 is 23.5 Å². The molecule has 0 aliphatic rings. The van der Waals surface area contributed by atoms with Crippen molar-refractivity contribution in [2.24, 2.45) is 0 Å². The van der Waals surface area contributed by atoms with E-state index in [4.69, 9.17) is 14.5 Å². The first-order valence-electron chi connectivity index (χ1n) is 11.9. The molecule has 0 aliphatic heterocycles. The molecule has 0 bridgehead atoms. The summed E-state index contributed by atoms with van der Waals surface area (Å²) in [6.45, 7) is 2.72. The molecule has 2 heterocycles. The Kier molecular flexibility index (Phi) is 6.94. The number of nitro benzene ring substituents is 1. The average Bonchev–Trinajstić information content (AvgIpc) is 3.25. The van der Waals surface area contributed by atoms with E-state index in [1.165, 1.54) is 6.07 Å². The minimum atomic E-state index is -0.433. The van der Waals surface area contributed by atoms with Crippen molar-refractivity contribution in [1.29, 1.82) is 0 Å². The molecule has 0 amide bonds. The summed E-state index contributed by atoms with van der Waals surface area (Å²) in [6, 6.07) is 28.2. The minimum Gasteiger partial charge on any atom is -0.489 e. The normalized spacial score (nSPS) is 11.2. The van der Waals surface area contributed by atoms with Crippen LogP contribution in [0.1, 0.15) is 28.1 Å². The third kappa shape index (κ3) is 5.67. The molecule has 5 aromatic rings. The van der Waals surface area contributed by atoms with Crippen molar-refractivity contribution < 1.29 is 14.4 Å². The van der Waals surface area contributed by atoms with Gasteiger partial charge in [-0.2, -0.15) is 0 Å². The highest BCUT2D eigenvalue weighted by Crippen LogP contribution is 2.30. The Morgan fingerprint density at radius 2 is 1.54 bits per heavy atom. The van der Waals surface area contributed by atoms with E-state index in [1.807, 2.05) is 102 Å². The second-order valence-corrected chi connectivity index (χ2v) is 8.54. The van der Waals surface area contributed by atoms with Gasteiger partial charge in [-0.25, -0.2) is 4.98 Å². The number of pyridine rings is 1. The van der Waals surface area contributed by atoms with E-state index in [9.17, 15) is 10.1 Å². The molecule has 7 nitrogen and oxygen atoms in total. The number of benzene rings is 3. The van der Waals surface area contributed by atoms with Crippen LogP contribution in [0.3, 0.4) is 0 Å². The van der Waals surface area contributed by atoms with Crippen LogP contribution in [0.2, 0.25) is 0 Å². The maximum absolute atomic E-state index is 11.5. The van der Waals surface area contributed by atoms with Gasteiger partial charge in [0.25, 0.3) is 0 Å². The Labute approximate surface area is 214 Å². The zero-order valence-electron chi connectivity index (χ0n) is 20.3. The van der Waals surface area contributed by atoms with Gasteiger partial charge in [0.2, 0.25) is 0 Å². The van der Waals surface area contributed by atoms with Gasteiger partial charge in [0.05, 0.1) is 10.6 Å². The molecule has 7 heteroatoms. The lowest BCUT2D eigenvalue weighted by molar-refractivity contribution is -0.385. The van der Waals surface area contributed by atoms with Gasteiger partial charge in [0.1, 0.15) is 24.6 Å². The van der Waals surface area contributed by atoms with Gasteiger partial charge in [0.15, 0.2) is 5.75 Å². The van der Waals surface area contributed by atoms with Crippen LogP contribution >= 0.6 is 0 Å². The second-order valence-electron chi connectivity index (χ2n) is 8.54. The Hall–Kier alpha value is -4.91. The predicted octanol–water partition coefficient (Wildman–Crippen LogP) is 6.88. The molecule has 0 radical (unpaired) electrons. The molecule has 0 fully saturated rings. The lowest BCUT2D eigenvalue weighted by atomic mass is 10.1. The number of aromatic nitrogens is 2. The monoisotopic (exact) mass is 491 g/mol. The van der Waals surface area contributed by atoms with Crippen molar-refractivity contribution in [3.63, 3.8) is 0 Å². The first-order chi connectivity index (χ1) is 18.1. The van der Waals surface area contributed by atoms with E-state index in [0.717, 1.165) is 39.5 Å². The summed E-state index contributed by atoms with van der Waals surface area (Å²) >= 11 is 0. The Balaban J connectivity index is 1.34. The quantitative estimate of drug-likeness (QED) is 0.166. The van der Waals surface area contributed by atoms with E-state index < -0.39 is 4.92 Å². The number of nitrogens with zero attached hydrogens (tertiary/aromatic N) is 3. The third-order valence-corrected chi connectivity index (χ3v) is 5.97. The largest absolute Gasteiger partial charge is 0.489 e. The number of imidazole rings is 1. The van der Waals surface area contributed by atoms with Crippen LogP contribution in [-0.2, 0) is 13.2 Å². The predicted molar refractivity (Wildman–Crippen MR) is 144 cm³/mol. The molecule has 0 spiro atoms. The number of nitro groups is 1. The highest BCUT2D eigenvalue weighted by molar-refractivity contribution is 5.72. The Morgan fingerprint density at radius 1 is 0.865 bits per heavy atom. The van der Waals surface area contributed by atoms with Gasteiger partial charge >= 0.3 is 5.69 Å². The highest BCUT2D eigenvalue weighted by Gasteiger charge is 2.15. The number of aryl methyl sites for hydroxylation is 1. The van der Waals surface area contributed by atoms with Crippen molar-refractivity contribution in [2.45, 2.75) is 20.1 Å². The molecule has 37 heavy (non-hydrogen) atoms. The first kappa shape index (κ1) is 23.8. The zero-order chi connectivity index (χ0) is 25.6. The van der Waals surface area contributed by atoms with Gasteiger partial charge in [-0.1, -0.05) is 66.7 Å². The van der Waals surface area contributed by atoms with E-state index in [1.54, 1.807) is 12.1 Å². The van der Waals surface area contributed by atoms with Gasteiger partial charge < -0.3 is 13.9 Å². The summed E-state index contributed by atoms with van der Waals surface area (Å²) in [6.07, 6.45) is 5.71. The fourth-order valence-corrected chi connectivity index (χ4v) is 3.97. The lowest BCUT2D eigenvalue weighted by Gasteiger charge is -2.08. The average molecular weight is 492 g/mol. The molecule has 0 unspecified atom stereocenters. The van der Waals surface area contributed by atoms with Gasteiger partial charge in [0, 0.05) is 24.0 Å². The topological polar surface area (TPSA) is 78.9 Å². The van der Waals surface area contributed by atoms with Gasteiger partial charge in [-0.05, 0) is 47.9 Å². The molecule has 2 aromatic heterocycles. The highest BCUT2D eigenvalue weighted by atomic mass is 16.6. The number of hydrogen-bond acceptors (Lipinski definition) is 5. The standard InChI is InChI=1S/C30H25N3O4/c1-22-27(31-30-19-26(16-17-32(22)30)36-20-24-8-4-2-5-9-24)14-12-23-13-15-28(33(34)35)29(18-23)37-21-25-10-6-3-7-11-25/h2-19H,20-21H2,1H3/b14-12+. The van der Waals surface area contributed by atoms with E-state index in [2.05, 4.69) is 0 Å². The smallest absolute Gasteiger partial charge is 0.310 e. The van der Waals surface area contributed by atoms with Crippen LogP contribution in [-0.4, -0.2) is 14.3 Å². The van der Waals surface area contributed by atoms with Crippen molar-refractivity contribution in [2.75, 3.05) is 0 Å². The Bertz CT molecular complexity index is 1560. The molecule has 3 aromatic carbocycles. The maximum Gasteiger partial charge on any atom is 0.310 e. The van der Waals surface area contributed by atoms with E-state index in [0.29, 0.717) is 6.61 Å². The van der Waals surface area contributed by atoms with Crippen molar-refractivity contribution in [3.05, 3.63) is 135 Å². The molecule has 184 valence electrons. The van der Waals surface area contributed by atoms with Gasteiger partial charge in [-0.3, -0.25) is 10.1 Å². The summed E-state index contributed by atoms with van der Waals surface area (Å²) in [4.78, 5) is 15.8. The fourth-order valence-electron chi connectivity index (χ4n) is 3.97. The number of fused-ring (bicyclic) bond motifs is 1. The summed E-state index contributed by atoms with van der Waals surface area (Å²) in [5.74, 6) is 0.968. The molecule has 0 saturated carbocycles. The molecule has 0 aliphatic carbocycles. The van der Waals surface area contributed by atoms with Crippen LogP contribution in [0.15, 0.2) is 97.2 Å². The van der Waals surface area contributed by atoms with Crippen molar-refractivity contribution in [3.8, 4) is 11.5 Å². The summed E-state index contributed by atoms with van der Waals surface area (Å²) in [5, 5.41) is 11.5. The Morgan fingerprint density at radius 3 is 2.22 bits per heavy atom. The van der Waals surface area contributed by atoms with Crippen LogP contribution in [0.25, 0.3) is 17.8 Å². The molecular weight excluding hydrogens is 466 g/mol. The fraction of sp³-hybridized carbons (Fsp3) is 0.100. The molecular formula is C30H25N3O4. The minimum absolute atomic E-state index is 0.0694. The molecule has 5 rings (SSSR count). The number of hydrogen-bond donors (Lipinski definition) is 0. The van der Waals surface area contributed by atoms with Crippen LogP contribution in [0, 0.1) is 17.0 Å². The third-order valence-electron chi connectivity index (χ3n) is 5.97. The summed E-state index contributed by atoms with van der Waals surface area (Å²) < 4.78 is 13.7. The van der Waals surface area contributed by atoms with Gasteiger partial charge in [-0.15, -0.1) is 0 Å². The lowest BCUT2D eigenvalue weighted by Crippen LogP contribution is -1.99. The summed E-state index contributed by atoms with van der Waals surface area (Å²) in [5.41, 5.74) is 5.29. The number of ether oxygens (including phenoxy) is 2. The van der Waals surface area contributed by atoms with Crippen LogP contribution in [0.4, 0.5) is 5.69 Å². The summed E-state index contributed by atoms with van der Waals surface area (Å²) in [7, 11) is 0. The van der Waals surface area contributed by atoms with E-state index >= 15 is 0 Å². The molecule has 0 atom stereocenters. The van der Waals surface area contributed by atoms with Crippen LogP contribution in [0.5, 0.6) is 11.5 Å². The van der Waals surface area contributed by atoms with Crippen LogP contribution < -0.4 is 9.47 Å². The van der Waals surface area contributed by atoms with E-state index in [-0.39, 0.29) is 18.0 Å². The maximum atomic E-state index is 11.5. The first-order valence-corrected chi connectivity index (χ1v) is 11.9. The second kappa shape index (κ2) is 10.8. The molecule has 0 saturated heterocycles. The SMILES string of the molecule is Cc1c(/C=C/c2ccc([N+](=O)[O-])c(OCc3ccccc3)c2)nc2cc(OCc3ccccc3)ccn12.